The molecule has 1 rings (SSSR count). The van der Waals surface area contributed by atoms with Crippen LogP contribution >= 0.6 is 0 Å². The molecule has 1 aromatic carbocycles. The molecule has 18 heavy (non-hydrogen) atoms. The fourth-order valence-corrected chi connectivity index (χ4v) is 2.75. The summed E-state index contributed by atoms with van der Waals surface area (Å²) in [6, 6.07) is 6.98. The van der Waals surface area contributed by atoms with Crippen molar-refractivity contribution < 1.29 is 13.2 Å². The number of anilines is 1. The molecule has 0 fully saturated rings. The lowest BCUT2D eigenvalue weighted by Crippen LogP contribution is -2.17. The number of rotatable bonds is 8. The first kappa shape index (κ1) is 14.8. The van der Waals surface area contributed by atoms with E-state index >= 15 is 0 Å². The average Bonchev–Trinajstić information content (AvgIpc) is 2.29. The monoisotopic (exact) mass is 271 g/mol. The van der Waals surface area contributed by atoms with Crippen LogP contribution in [0.15, 0.2) is 24.3 Å². The van der Waals surface area contributed by atoms with E-state index < -0.39 is 9.84 Å². The van der Waals surface area contributed by atoms with Crippen LogP contribution in [-0.2, 0) is 9.84 Å². The molecule has 0 aliphatic heterocycles. The van der Waals surface area contributed by atoms with E-state index in [-0.39, 0.29) is 18.1 Å². The number of sulfone groups is 1. The number of unbranched alkanes of at least 4 members (excludes halogenated alkanes) is 2. The number of hydrogen-bond acceptors (Lipinski definition) is 4. The molecule has 0 bridgehead atoms. The second-order valence-corrected chi connectivity index (χ2v) is 6.58. The Labute approximate surface area is 109 Å². The topological polar surface area (TPSA) is 69.4 Å². The van der Waals surface area contributed by atoms with Gasteiger partial charge in [0, 0.05) is 11.8 Å². The van der Waals surface area contributed by atoms with Gasteiger partial charge in [-0.3, -0.25) is 0 Å². The van der Waals surface area contributed by atoms with Gasteiger partial charge in [0.25, 0.3) is 0 Å². The van der Waals surface area contributed by atoms with Gasteiger partial charge in [-0.2, -0.15) is 0 Å². The molecule has 0 aliphatic carbocycles. The highest BCUT2D eigenvalue weighted by Gasteiger charge is 2.10. The zero-order valence-corrected chi connectivity index (χ0v) is 11.6. The molecule has 0 atom stereocenters. The van der Waals surface area contributed by atoms with E-state index in [2.05, 4.69) is 6.92 Å². The Morgan fingerprint density at radius 3 is 2.67 bits per heavy atom. The third kappa shape index (κ3) is 5.91. The molecule has 0 heterocycles. The molecule has 2 N–H and O–H groups in total. The minimum atomic E-state index is -2.99. The molecule has 1 aromatic rings. The fraction of sp³-hybridized carbons (Fsp3) is 0.538. The molecule has 0 aliphatic rings. The third-order valence-corrected chi connectivity index (χ3v) is 4.28. The van der Waals surface area contributed by atoms with Gasteiger partial charge in [0.2, 0.25) is 0 Å². The van der Waals surface area contributed by atoms with Crippen LogP contribution in [0.5, 0.6) is 5.75 Å². The van der Waals surface area contributed by atoms with Crippen LogP contribution in [-0.4, -0.2) is 26.5 Å². The Morgan fingerprint density at radius 2 is 2.00 bits per heavy atom. The van der Waals surface area contributed by atoms with Gasteiger partial charge < -0.3 is 10.5 Å². The molecule has 0 radical (unpaired) electrons. The quantitative estimate of drug-likeness (QED) is 0.581. The van der Waals surface area contributed by atoms with Gasteiger partial charge in [0.05, 0.1) is 11.5 Å². The van der Waals surface area contributed by atoms with Crippen molar-refractivity contribution in [2.24, 2.45) is 0 Å². The lowest BCUT2D eigenvalue weighted by molar-refractivity contribution is 0.341. The molecule has 5 heteroatoms. The van der Waals surface area contributed by atoms with Crippen molar-refractivity contribution in [1.29, 1.82) is 0 Å². The molecule has 0 amide bonds. The van der Waals surface area contributed by atoms with Crippen LogP contribution in [0.1, 0.15) is 26.2 Å². The maximum Gasteiger partial charge on any atom is 0.153 e. The SMILES string of the molecule is CCCCCS(=O)(=O)CCOc1cccc(N)c1. The zero-order chi connectivity index (χ0) is 13.4. The van der Waals surface area contributed by atoms with Gasteiger partial charge in [-0.25, -0.2) is 8.42 Å². The summed E-state index contributed by atoms with van der Waals surface area (Å²) in [5.41, 5.74) is 6.21. The van der Waals surface area contributed by atoms with Crippen LogP contribution < -0.4 is 10.5 Å². The average molecular weight is 271 g/mol. The van der Waals surface area contributed by atoms with Gasteiger partial charge in [-0.1, -0.05) is 25.8 Å². The van der Waals surface area contributed by atoms with E-state index in [1.54, 1.807) is 24.3 Å². The highest BCUT2D eigenvalue weighted by Crippen LogP contribution is 2.14. The van der Waals surface area contributed by atoms with E-state index in [9.17, 15) is 8.42 Å². The predicted molar refractivity (Wildman–Crippen MR) is 74.5 cm³/mol. The number of hydrogen-bond donors (Lipinski definition) is 1. The first-order valence-corrected chi connectivity index (χ1v) is 8.04. The minimum Gasteiger partial charge on any atom is -0.492 e. The Hall–Kier alpha value is -1.23. The minimum absolute atomic E-state index is 0.0610. The number of nitrogen functional groups attached to an aromatic ring is 1. The second kappa shape index (κ2) is 7.26. The van der Waals surface area contributed by atoms with Crippen molar-refractivity contribution >= 4 is 15.5 Å². The molecular weight excluding hydrogens is 250 g/mol. The van der Waals surface area contributed by atoms with E-state index in [0.29, 0.717) is 11.4 Å². The summed E-state index contributed by atoms with van der Waals surface area (Å²) >= 11 is 0. The molecule has 0 saturated heterocycles. The van der Waals surface area contributed by atoms with Crippen LogP contribution in [0, 0.1) is 0 Å². The summed E-state index contributed by atoms with van der Waals surface area (Å²) in [4.78, 5) is 0. The van der Waals surface area contributed by atoms with E-state index in [4.69, 9.17) is 10.5 Å². The van der Waals surface area contributed by atoms with Crippen LogP contribution in [0.25, 0.3) is 0 Å². The van der Waals surface area contributed by atoms with Crippen molar-refractivity contribution in [2.75, 3.05) is 23.8 Å². The van der Waals surface area contributed by atoms with Crippen molar-refractivity contribution in [1.82, 2.24) is 0 Å². The van der Waals surface area contributed by atoms with Crippen LogP contribution in [0.3, 0.4) is 0 Å². The zero-order valence-electron chi connectivity index (χ0n) is 10.8. The molecule has 0 aromatic heterocycles. The largest absolute Gasteiger partial charge is 0.492 e. The molecular formula is C13H21NO3S. The van der Waals surface area contributed by atoms with Crippen molar-refractivity contribution in [3.8, 4) is 5.75 Å². The van der Waals surface area contributed by atoms with Gasteiger partial charge in [-0.05, 0) is 18.6 Å². The van der Waals surface area contributed by atoms with Crippen LogP contribution in [0.2, 0.25) is 0 Å². The van der Waals surface area contributed by atoms with Crippen molar-refractivity contribution in [2.45, 2.75) is 26.2 Å². The van der Waals surface area contributed by atoms with Crippen LogP contribution in [0.4, 0.5) is 5.69 Å². The lowest BCUT2D eigenvalue weighted by atomic mass is 10.3. The molecule has 102 valence electrons. The summed E-state index contributed by atoms with van der Waals surface area (Å²) in [7, 11) is -2.99. The summed E-state index contributed by atoms with van der Waals surface area (Å²) in [6.07, 6.45) is 2.71. The van der Waals surface area contributed by atoms with E-state index in [0.717, 1.165) is 19.3 Å². The van der Waals surface area contributed by atoms with Crippen molar-refractivity contribution in [3.05, 3.63) is 24.3 Å². The normalized spacial score (nSPS) is 11.4. The highest BCUT2D eigenvalue weighted by atomic mass is 32.2. The Balaban J connectivity index is 2.32. The fourth-order valence-electron chi connectivity index (χ4n) is 1.56. The summed E-state index contributed by atoms with van der Waals surface area (Å²) < 4.78 is 28.7. The molecule has 0 saturated carbocycles. The first-order chi connectivity index (χ1) is 8.53. The predicted octanol–water partition coefficient (Wildman–Crippen LogP) is 2.25. The Morgan fingerprint density at radius 1 is 1.22 bits per heavy atom. The highest BCUT2D eigenvalue weighted by molar-refractivity contribution is 7.91. The maximum absolute atomic E-state index is 11.7. The molecule has 4 nitrogen and oxygen atoms in total. The van der Waals surface area contributed by atoms with Gasteiger partial charge in [0.15, 0.2) is 9.84 Å². The third-order valence-electron chi connectivity index (χ3n) is 2.58. The summed E-state index contributed by atoms with van der Waals surface area (Å²) in [5, 5.41) is 0. The van der Waals surface area contributed by atoms with Gasteiger partial charge in [0.1, 0.15) is 12.4 Å². The molecule has 0 spiro atoms. The maximum atomic E-state index is 11.7. The first-order valence-electron chi connectivity index (χ1n) is 6.22. The van der Waals surface area contributed by atoms with Crippen molar-refractivity contribution in [3.63, 3.8) is 0 Å². The summed E-state index contributed by atoms with van der Waals surface area (Å²) in [6.45, 7) is 2.23. The lowest BCUT2D eigenvalue weighted by Gasteiger charge is -2.07. The smallest absolute Gasteiger partial charge is 0.153 e. The number of nitrogens with two attached hydrogens (primary N) is 1. The Bertz CT molecular complexity index is 457. The van der Waals surface area contributed by atoms with Gasteiger partial charge in [-0.15, -0.1) is 0 Å². The number of benzene rings is 1. The molecule has 0 unspecified atom stereocenters. The second-order valence-electron chi connectivity index (χ2n) is 4.28. The van der Waals surface area contributed by atoms with Gasteiger partial charge >= 0.3 is 0 Å². The number of ether oxygens (including phenoxy) is 1. The van der Waals surface area contributed by atoms with E-state index in [1.807, 2.05) is 0 Å². The standard InChI is InChI=1S/C13H21NO3S/c1-2-3-4-9-18(15,16)10-8-17-13-7-5-6-12(14)11-13/h5-7,11H,2-4,8-10,14H2,1H3. The summed E-state index contributed by atoms with van der Waals surface area (Å²) in [5.74, 6) is 0.922. The van der Waals surface area contributed by atoms with E-state index in [1.165, 1.54) is 0 Å². The Kier molecular flexibility index (Phi) is 5.98.